The van der Waals surface area contributed by atoms with Crippen molar-refractivity contribution in [1.82, 2.24) is 5.32 Å². The summed E-state index contributed by atoms with van der Waals surface area (Å²) in [6, 6.07) is 10.4. The van der Waals surface area contributed by atoms with Crippen molar-refractivity contribution in [2.24, 2.45) is 5.92 Å². The molecular formula is C18H27N. The lowest BCUT2D eigenvalue weighted by molar-refractivity contribution is 0.374. The number of hydrogen-bond acceptors (Lipinski definition) is 1. The minimum Gasteiger partial charge on any atom is -0.307 e. The first-order valence-electron chi connectivity index (χ1n) is 8.20. The maximum Gasteiger partial charge on any atom is 0.0325 e. The van der Waals surface area contributed by atoms with E-state index in [1.807, 2.05) is 0 Å². The Hall–Kier alpha value is -0.820. The fourth-order valence-electron chi connectivity index (χ4n) is 3.49. The second-order valence-electron chi connectivity index (χ2n) is 6.45. The number of aryl methyl sites for hydroxylation is 1. The van der Waals surface area contributed by atoms with E-state index in [0.717, 1.165) is 12.0 Å². The molecule has 2 unspecified atom stereocenters. The Kier molecular flexibility index (Phi) is 4.22. The van der Waals surface area contributed by atoms with Crippen LogP contribution in [-0.2, 0) is 6.42 Å². The molecule has 1 nitrogen and oxygen atoms in total. The van der Waals surface area contributed by atoms with Gasteiger partial charge in [-0.25, -0.2) is 0 Å². The fourth-order valence-corrected chi connectivity index (χ4v) is 3.49. The molecule has 1 saturated carbocycles. The normalized spacial score (nSPS) is 24.6. The monoisotopic (exact) mass is 257 g/mol. The highest BCUT2D eigenvalue weighted by Crippen LogP contribution is 2.35. The molecule has 1 aromatic carbocycles. The summed E-state index contributed by atoms with van der Waals surface area (Å²) in [5.41, 5.74) is 3.16. The van der Waals surface area contributed by atoms with Crippen molar-refractivity contribution in [3.05, 3.63) is 35.4 Å². The number of rotatable bonds is 5. The van der Waals surface area contributed by atoms with Gasteiger partial charge in [-0.05, 0) is 49.1 Å². The van der Waals surface area contributed by atoms with E-state index in [1.54, 1.807) is 11.1 Å². The Bertz CT molecular complexity index is 408. The van der Waals surface area contributed by atoms with Gasteiger partial charge in [-0.2, -0.15) is 0 Å². The fraction of sp³-hybridized carbons (Fsp3) is 0.667. The molecule has 0 radical (unpaired) electrons. The van der Waals surface area contributed by atoms with E-state index in [1.165, 1.54) is 51.4 Å². The molecule has 0 saturated heterocycles. The van der Waals surface area contributed by atoms with Gasteiger partial charge in [0.15, 0.2) is 0 Å². The van der Waals surface area contributed by atoms with E-state index in [2.05, 4.69) is 36.5 Å². The molecule has 1 N–H and O–H groups in total. The van der Waals surface area contributed by atoms with E-state index >= 15 is 0 Å². The Balaban J connectivity index is 1.71. The topological polar surface area (TPSA) is 12.0 Å². The van der Waals surface area contributed by atoms with Crippen LogP contribution in [0, 0.1) is 5.92 Å². The zero-order valence-electron chi connectivity index (χ0n) is 12.2. The summed E-state index contributed by atoms with van der Waals surface area (Å²) < 4.78 is 0. The Morgan fingerprint density at radius 2 is 2.00 bits per heavy atom. The average Bonchev–Trinajstić information content (AvgIpc) is 3.26. The summed E-state index contributed by atoms with van der Waals surface area (Å²) in [5.74, 6) is 1.03. The van der Waals surface area contributed by atoms with Crippen LogP contribution in [0.4, 0.5) is 0 Å². The summed E-state index contributed by atoms with van der Waals surface area (Å²) >= 11 is 0. The molecule has 2 atom stereocenters. The van der Waals surface area contributed by atoms with E-state index < -0.39 is 0 Å². The quantitative estimate of drug-likeness (QED) is 0.759. The lowest BCUT2D eigenvalue weighted by atomic mass is 9.97. The molecule has 0 spiro atoms. The third-order valence-corrected chi connectivity index (χ3v) is 4.86. The largest absolute Gasteiger partial charge is 0.307 e. The first-order valence-corrected chi connectivity index (χ1v) is 8.20. The molecule has 1 heteroatoms. The van der Waals surface area contributed by atoms with E-state index in [9.17, 15) is 0 Å². The average molecular weight is 257 g/mol. The Morgan fingerprint density at radius 1 is 1.16 bits per heavy atom. The van der Waals surface area contributed by atoms with Crippen LogP contribution in [0.2, 0.25) is 0 Å². The molecule has 0 bridgehead atoms. The molecule has 19 heavy (non-hydrogen) atoms. The molecule has 104 valence electrons. The molecule has 2 aliphatic carbocycles. The van der Waals surface area contributed by atoms with Gasteiger partial charge in [-0.15, -0.1) is 0 Å². The van der Waals surface area contributed by atoms with Crippen molar-refractivity contribution in [2.75, 3.05) is 0 Å². The van der Waals surface area contributed by atoms with E-state index in [-0.39, 0.29) is 0 Å². The van der Waals surface area contributed by atoms with Gasteiger partial charge >= 0.3 is 0 Å². The van der Waals surface area contributed by atoms with Crippen molar-refractivity contribution in [1.29, 1.82) is 0 Å². The number of nitrogens with one attached hydrogen (secondary N) is 1. The minimum absolute atomic E-state index is 0.599. The summed E-state index contributed by atoms with van der Waals surface area (Å²) in [6.45, 7) is 2.34. The highest BCUT2D eigenvalue weighted by atomic mass is 15.0. The van der Waals surface area contributed by atoms with Crippen molar-refractivity contribution in [2.45, 2.75) is 70.4 Å². The molecule has 1 aromatic rings. The number of fused-ring (bicyclic) bond motifs is 1. The van der Waals surface area contributed by atoms with Crippen molar-refractivity contribution in [3.8, 4) is 0 Å². The van der Waals surface area contributed by atoms with Gasteiger partial charge in [0.2, 0.25) is 0 Å². The maximum atomic E-state index is 3.97. The first kappa shape index (κ1) is 13.2. The van der Waals surface area contributed by atoms with Crippen LogP contribution in [0.1, 0.15) is 69.0 Å². The lowest BCUT2D eigenvalue weighted by Gasteiger charge is -2.26. The third-order valence-electron chi connectivity index (χ3n) is 4.86. The number of hydrogen-bond donors (Lipinski definition) is 1. The molecule has 0 amide bonds. The van der Waals surface area contributed by atoms with Crippen LogP contribution in [0.5, 0.6) is 0 Å². The summed E-state index contributed by atoms with van der Waals surface area (Å²) in [6.07, 6.45) is 10.9. The van der Waals surface area contributed by atoms with Crippen LogP contribution in [0.3, 0.4) is 0 Å². The van der Waals surface area contributed by atoms with Crippen molar-refractivity contribution >= 4 is 0 Å². The Labute approximate surface area is 117 Å². The number of benzene rings is 1. The smallest absolute Gasteiger partial charge is 0.0325 e. The van der Waals surface area contributed by atoms with Crippen LogP contribution in [0.25, 0.3) is 0 Å². The van der Waals surface area contributed by atoms with Crippen LogP contribution < -0.4 is 5.32 Å². The van der Waals surface area contributed by atoms with Crippen molar-refractivity contribution in [3.63, 3.8) is 0 Å². The third kappa shape index (κ3) is 3.39. The first-order chi connectivity index (χ1) is 9.36. The molecule has 1 fully saturated rings. The molecule has 0 aromatic heterocycles. The summed E-state index contributed by atoms with van der Waals surface area (Å²) in [4.78, 5) is 0. The predicted octanol–water partition coefficient (Wildman–Crippen LogP) is 4.62. The van der Waals surface area contributed by atoms with Gasteiger partial charge in [-0.1, -0.05) is 50.5 Å². The second kappa shape index (κ2) is 6.09. The summed E-state index contributed by atoms with van der Waals surface area (Å²) in [7, 11) is 0. The van der Waals surface area contributed by atoms with E-state index in [4.69, 9.17) is 0 Å². The minimum atomic E-state index is 0.599. The SMILES string of the molecule is CCC(CC1CC1)NC1CCCCc2ccccc21. The zero-order chi connectivity index (χ0) is 13.1. The molecular weight excluding hydrogens is 230 g/mol. The van der Waals surface area contributed by atoms with Crippen LogP contribution in [-0.4, -0.2) is 6.04 Å². The van der Waals surface area contributed by atoms with Gasteiger partial charge in [0.1, 0.15) is 0 Å². The second-order valence-corrected chi connectivity index (χ2v) is 6.45. The predicted molar refractivity (Wildman–Crippen MR) is 81.3 cm³/mol. The van der Waals surface area contributed by atoms with Gasteiger partial charge in [0, 0.05) is 12.1 Å². The Morgan fingerprint density at radius 3 is 2.79 bits per heavy atom. The lowest BCUT2D eigenvalue weighted by Crippen LogP contribution is -2.33. The highest BCUT2D eigenvalue weighted by molar-refractivity contribution is 5.31. The highest BCUT2D eigenvalue weighted by Gasteiger charge is 2.27. The van der Waals surface area contributed by atoms with E-state index in [0.29, 0.717) is 6.04 Å². The molecule has 0 aliphatic heterocycles. The standard InChI is InChI=1S/C18H27N/c1-2-16(13-14-11-12-14)19-18-10-6-4-8-15-7-3-5-9-17(15)18/h3,5,7,9,14,16,18-19H,2,4,6,8,10-13H2,1H3. The van der Waals surface area contributed by atoms with Gasteiger partial charge in [0.05, 0.1) is 0 Å². The molecule has 2 aliphatic rings. The zero-order valence-corrected chi connectivity index (χ0v) is 12.2. The van der Waals surface area contributed by atoms with Gasteiger partial charge in [-0.3, -0.25) is 0 Å². The van der Waals surface area contributed by atoms with Gasteiger partial charge < -0.3 is 5.32 Å². The van der Waals surface area contributed by atoms with Crippen molar-refractivity contribution < 1.29 is 0 Å². The maximum absolute atomic E-state index is 3.97. The van der Waals surface area contributed by atoms with Gasteiger partial charge in [0.25, 0.3) is 0 Å². The molecule has 0 heterocycles. The molecule has 3 rings (SSSR count). The van der Waals surface area contributed by atoms with Crippen LogP contribution in [0.15, 0.2) is 24.3 Å². The van der Waals surface area contributed by atoms with Crippen LogP contribution >= 0.6 is 0 Å². The summed E-state index contributed by atoms with van der Waals surface area (Å²) in [5, 5.41) is 3.97.